The van der Waals surface area contributed by atoms with Gasteiger partial charge in [-0.3, -0.25) is 4.68 Å². The minimum atomic E-state index is 0.918. The highest BCUT2D eigenvalue weighted by Gasteiger charge is 1.97. The SMILES string of the molecule is Cn1ccc(Cc2ccccc2)n1. The number of nitrogens with zero attached hydrogens (tertiary/aromatic N) is 2. The topological polar surface area (TPSA) is 17.8 Å². The van der Waals surface area contributed by atoms with Crippen molar-refractivity contribution in [1.82, 2.24) is 9.78 Å². The van der Waals surface area contributed by atoms with Crippen LogP contribution in [-0.4, -0.2) is 9.78 Å². The van der Waals surface area contributed by atoms with E-state index in [1.807, 2.05) is 30.1 Å². The smallest absolute Gasteiger partial charge is 0.0668 e. The average molecular weight is 172 g/mol. The summed E-state index contributed by atoms with van der Waals surface area (Å²) >= 11 is 0. The Kier molecular flexibility index (Phi) is 2.13. The van der Waals surface area contributed by atoms with E-state index in [4.69, 9.17) is 0 Å². The lowest BCUT2D eigenvalue weighted by Crippen LogP contribution is -1.92. The summed E-state index contributed by atoms with van der Waals surface area (Å²) in [6.45, 7) is 0. The van der Waals surface area contributed by atoms with Gasteiger partial charge in [0.1, 0.15) is 0 Å². The molecule has 0 aliphatic carbocycles. The second-order valence-corrected chi connectivity index (χ2v) is 3.14. The maximum atomic E-state index is 4.32. The quantitative estimate of drug-likeness (QED) is 0.677. The molecule has 0 amide bonds. The van der Waals surface area contributed by atoms with Crippen molar-refractivity contribution in [2.45, 2.75) is 6.42 Å². The van der Waals surface area contributed by atoms with Crippen LogP contribution in [0.2, 0.25) is 0 Å². The Balaban J connectivity index is 2.15. The monoisotopic (exact) mass is 172 g/mol. The average Bonchev–Trinajstić information content (AvgIpc) is 2.53. The van der Waals surface area contributed by atoms with Crippen molar-refractivity contribution in [3.8, 4) is 0 Å². The van der Waals surface area contributed by atoms with Gasteiger partial charge in [-0.15, -0.1) is 0 Å². The van der Waals surface area contributed by atoms with Crippen LogP contribution >= 0.6 is 0 Å². The van der Waals surface area contributed by atoms with Gasteiger partial charge in [0.15, 0.2) is 0 Å². The lowest BCUT2D eigenvalue weighted by molar-refractivity contribution is 0.749. The van der Waals surface area contributed by atoms with Crippen molar-refractivity contribution in [3.63, 3.8) is 0 Å². The fourth-order valence-corrected chi connectivity index (χ4v) is 1.36. The van der Waals surface area contributed by atoms with Crippen molar-refractivity contribution in [1.29, 1.82) is 0 Å². The van der Waals surface area contributed by atoms with E-state index < -0.39 is 0 Å². The first-order valence-corrected chi connectivity index (χ1v) is 4.37. The third-order valence-electron chi connectivity index (χ3n) is 2.00. The minimum absolute atomic E-state index is 0.918. The largest absolute Gasteiger partial charge is 0.276 e. The number of aromatic nitrogens is 2. The Labute approximate surface area is 77.8 Å². The highest BCUT2D eigenvalue weighted by Crippen LogP contribution is 2.05. The highest BCUT2D eigenvalue weighted by molar-refractivity contribution is 5.20. The van der Waals surface area contributed by atoms with E-state index >= 15 is 0 Å². The lowest BCUT2D eigenvalue weighted by Gasteiger charge is -1.96. The van der Waals surface area contributed by atoms with Crippen LogP contribution in [0.5, 0.6) is 0 Å². The summed E-state index contributed by atoms with van der Waals surface area (Å²) in [6, 6.07) is 12.4. The van der Waals surface area contributed by atoms with Crippen LogP contribution in [0.15, 0.2) is 42.6 Å². The first kappa shape index (κ1) is 8.05. The van der Waals surface area contributed by atoms with Crippen molar-refractivity contribution < 1.29 is 0 Å². The van der Waals surface area contributed by atoms with Crippen molar-refractivity contribution in [3.05, 3.63) is 53.9 Å². The van der Waals surface area contributed by atoms with Crippen molar-refractivity contribution in [2.75, 3.05) is 0 Å². The molecule has 0 saturated carbocycles. The molecule has 0 atom stereocenters. The Morgan fingerprint density at radius 2 is 1.92 bits per heavy atom. The summed E-state index contributed by atoms with van der Waals surface area (Å²) in [7, 11) is 1.94. The number of aryl methyl sites for hydroxylation is 1. The molecule has 0 radical (unpaired) electrons. The fraction of sp³-hybridized carbons (Fsp3) is 0.182. The lowest BCUT2D eigenvalue weighted by atomic mass is 10.1. The summed E-state index contributed by atoms with van der Waals surface area (Å²) < 4.78 is 1.83. The van der Waals surface area contributed by atoms with Gasteiger partial charge >= 0.3 is 0 Å². The van der Waals surface area contributed by atoms with Gasteiger partial charge < -0.3 is 0 Å². The molecular weight excluding hydrogens is 160 g/mol. The van der Waals surface area contributed by atoms with Crippen LogP contribution in [0.3, 0.4) is 0 Å². The predicted molar refractivity (Wildman–Crippen MR) is 52.5 cm³/mol. The minimum Gasteiger partial charge on any atom is -0.276 e. The predicted octanol–water partition coefficient (Wildman–Crippen LogP) is 2.01. The van der Waals surface area contributed by atoms with Gasteiger partial charge in [0.25, 0.3) is 0 Å². The van der Waals surface area contributed by atoms with Crippen LogP contribution in [0.25, 0.3) is 0 Å². The van der Waals surface area contributed by atoms with E-state index in [1.165, 1.54) is 5.56 Å². The summed E-state index contributed by atoms with van der Waals surface area (Å²) in [4.78, 5) is 0. The second kappa shape index (κ2) is 3.44. The van der Waals surface area contributed by atoms with E-state index in [1.54, 1.807) is 0 Å². The number of rotatable bonds is 2. The summed E-state index contributed by atoms with van der Waals surface area (Å²) in [5, 5.41) is 4.32. The summed E-state index contributed by atoms with van der Waals surface area (Å²) in [5.74, 6) is 0. The molecule has 0 spiro atoms. The molecule has 66 valence electrons. The molecule has 0 N–H and O–H groups in total. The Hall–Kier alpha value is -1.57. The van der Waals surface area contributed by atoms with E-state index in [9.17, 15) is 0 Å². The molecule has 0 aliphatic rings. The molecule has 0 fully saturated rings. The van der Waals surface area contributed by atoms with Crippen LogP contribution in [0, 0.1) is 0 Å². The van der Waals surface area contributed by atoms with Crippen molar-refractivity contribution in [2.24, 2.45) is 7.05 Å². The Morgan fingerprint density at radius 3 is 2.54 bits per heavy atom. The van der Waals surface area contributed by atoms with E-state index in [-0.39, 0.29) is 0 Å². The molecule has 1 heterocycles. The third-order valence-corrected chi connectivity index (χ3v) is 2.00. The molecule has 2 rings (SSSR count). The fourth-order valence-electron chi connectivity index (χ4n) is 1.36. The second-order valence-electron chi connectivity index (χ2n) is 3.14. The molecule has 2 heteroatoms. The van der Waals surface area contributed by atoms with Crippen LogP contribution < -0.4 is 0 Å². The normalized spacial score (nSPS) is 10.2. The van der Waals surface area contributed by atoms with Crippen LogP contribution in [0.4, 0.5) is 0 Å². The third kappa shape index (κ3) is 1.96. The maximum absolute atomic E-state index is 4.32. The van der Waals surface area contributed by atoms with Gasteiger partial charge in [0, 0.05) is 19.7 Å². The molecule has 0 saturated heterocycles. The molecule has 2 aromatic rings. The molecule has 0 unspecified atom stereocenters. The Bertz CT molecular complexity index is 376. The maximum Gasteiger partial charge on any atom is 0.0668 e. The number of benzene rings is 1. The van der Waals surface area contributed by atoms with E-state index in [2.05, 4.69) is 29.4 Å². The van der Waals surface area contributed by atoms with Gasteiger partial charge in [-0.2, -0.15) is 5.10 Å². The molecule has 13 heavy (non-hydrogen) atoms. The van der Waals surface area contributed by atoms with Gasteiger partial charge in [-0.1, -0.05) is 30.3 Å². The van der Waals surface area contributed by atoms with Crippen LogP contribution in [-0.2, 0) is 13.5 Å². The molecule has 1 aromatic heterocycles. The first-order valence-electron chi connectivity index (χ1n) is 4.37. The van der Waals surface area contributed by atoms with Gasteiger partial charge in [-0.05, 0) is 11.6 Å². The molecule has 0 bridgehead atoms. The van der Waals surface area contributed by atoms with Gasteiger partial charge in [0.2, 0.25) is 0 Å². The van der Waals surface area contributed by atoms with Gasteiger partial charge in [0.05, 0.1) is 5.69 Å². The zero-order chi connectivity index (χ0) is 9.10. The number of hydrogen-bond donors (Lipinski definition) is 0. The van der Waals surface area contributed by atoms with Crippen LogP contribution in [0.1, 0.15) is 11.3 Å². The van der Waals surface area contributed by atoms with E-state index in [0.29, 0.717) is 0 Å². The molecular formula is C11H12N2. The zero-order valence-corrected chi connectivity index (χ0v) is 7.64. The molecule has 1 aromatic carbocycles. The van der Waals surface area contributed by atoms with Gasteiger partial charge in [-0.25, -0.2) is 0 Å². The molecule has 2 nitrogen and oxygen atoms in total. The van der Waals surface area contributed by atoms with Crippen molar-refractivity contribution >= 4 is 0 Å². The standard InChI is InChI=1S/C11H12N2/c1-13-8-7-11(12-13)9-10-5-3-2-4-6-10/h2-8H,9H2,1H3. The van der Waals surface area contributed by atoms with E-state index in [0.717, 1.165) is 12.1 Å². The first-order chi connectivity index (χ1) is 6.34. The Morgan fingerprint density at radius 1 is 1.15 bits per heavy atom. The highest BCUT2D eigenvalue weighted by atomic mass is 15.2. The number of hydrogen-bond acceptors (Lipinski definition) is 1. The summed E-state index contributed by atoms with van der Waals surface area (Å²) in [6.07, 6.45) is 2.89. The zero-order valence-electron chi connectivity index (χ0n) is 7.64. The summed E-state index contributed by atoms with van der Waals surface area (Å²) in [5.41, 5.74) is 2.43. The molecule has 0 aliphatic heterocycles.